The van der Waals surface area contributed by atoms with E-state index >= 15 is 0 Å². The molecule has 4 heteroatoms. The smallest absolute Gasteiger partial charge is 0.115 e. The first-order chi connectivity index (χ1) is 7.90. The highest BCUT2D eigenvalue weighted by Crippen LogP contribution is 2.33. The summed E-state index contributed by atoms with van der Waals surface area (Å²) in [5, 5.41) is 5.36. The summed E-state index contributed by atoms with van der Waals surface area (Å²) in [4.78, 5) is 8.44. The summed E-state index contributed by atoms with van der Waals surface area (Å²) in [5.74, 6) is 0. The molecule has 3 nitrogen and oxygen atoms in total. The standard InChI is InChI=1S/C12H19N3S/c1-2-6-14-10-4-3-5-11(10)16-12-9-13-7-8-15-12/h7-11,14H,2-6H2,1H3. The second-order valence-electron chi connectivity index (χ2n) is 4.19. The number of rotatable bonds is 5. The van der Waals surface area contributed by atoms with Crippen molar-refractivity contribution >= 4 is 11.8 Å². The molecule has 16 heavy (non-hydrogen) atoms. The summed E-state index contributed by atoms with van der Waals surface area (Å²) in [6, 6.07) is 0.659. The van der Waals surface area contributed by atoms with Gasteiger partial charge in [0, 0.05) is 23.7 Å². The van der Waals surface area contributed by atoms with Crippen molar-refractivity contribution in [2.75, 3.05) is 6.54 Å². The van der Waals surface area contributed by atoms with Crippen molar-refractivity contribution in [3.05, 3.63) is 18.6 Å². The summed E-state index contributed by atoms with van der Waals surface area (Å²) in [6.45, 7) is 3.34. The SMILES string of the molecule is CCCNC1CCCC1Sc1cnccn1. The van der Waals surface area contributed by atoms with Gasteiger partial charge in [0.2, 0.25) is 0 Å². The third kappa shape index (κ3) is 3.19. The number of hydrogen-bond acceptors (Lipinski definition) is 4. The molecule has 1 fully saturated rings. The van der Waals surface area contributed by atoms with Gasteiger partial charge in [0.1, 0.15) is 5.03 Å². The first kappa shape index (κ1) is 11.9. The molecule has 0 aliphatic heterocycles. The van der Waals surface area contributed by atoms with E-state index in [0.717, 1.165) is 11.6 Å². The van der Waals surface area contributed by atoms with Gasteiger partial charge in [-0.05, 0) is 25.8 Å². The Bertz CT molecular complexity index is 304. The van der Waals surface area contributed by atoms with Gasteiger partial charge in [0.15, 0.2) is 0 Å². The lowest BCUT2D eigenvalue weighted by Gasteiger charge is -2.19. The van der Waals surface area contributed by atoms with E-state index in [9.17, 15) is 0 Å². The van der Waals surface area contributed by atoms with E-state index in [2.05, 4.69) is 22.2 Å². The summed E-state index contributed by atoms with van der Waals surface area (Å²) < 4.78 is 0. The molecule has 2 atom stereocenters. The van der Waals surface area contributed by atoms with Crippen molar-refractivity contribution in [2.24, 2.45) is 0 Å². The summed E-state index contributed by atoms with van der Waals surface area (Å²) in [5.41, 5.74) is 0. The van der Waals surface area contributed by atoms with Crippen LogP contribution in [0.5, 0.6) is 0 Å². The van der Waals surface area contributed by atoms with Crippen molar-refractivity contribution in [3.8, 4) is 0 Å². The molecule has 0 aromatic carbocycles. The fourth-order valence-electron chi connectivity index (χ4n) is 2.13. The third-order valence-electron chi connectivity index (χ3n) is 2.92. The maximum absolute atomic E-state index is 4.33. The molecule has 2 rings (SSSR count). The molecule has 1 heterocycles. The minimum Gasteiger partial charge on any atom is -0.313 e. The van der Waals surface area contributed by atoms with Crippen LogP contribution >= 0.6 is 11.8 Å². The topological polar surface area (TPSA) is 37.8 Å². The van der Waals surface area contributed by atoms with Crippen molar-refractivity contribution in [3.63, 3.8) is 0 Å². The molecule has 1 aliphatic rings. The number of aromatic nitrogens is 2. The molecule has 1 aromatic rings. The van der Waals surface area contributed by atoms with Gasteiger partial charge in [0.05, 0.1) is 6.20 Å². The highest BCUT2D eigenvalue weighted by atomic mass is 32.2. The second kappa shape index (κ2) is 6.21. The Labute approximate surface area is 101 Å². The van der Waals surface area contributed by atoms with Crippen LogP contribution in [-0.2, 0) is 0 Å². The summed E-state index contributed by atoms with van der Waals surface area (Å²) in [7, 11) is 0. The number of nitrogens with zero attached hydrogens (tertiary/aromatic N) is 2. The van der Waals surface area contributed by atoms with Crippen LogP contribution in [0.1, 0.15) is 32.6 Å². The van der Waals surface area contributed by atoms with E-state index in [1.165, 1.54) is 25.7 Å². The predicted octanol–water partition coefficient (Wildman–Crippen LogP) is 2.49. The van der Waals surface area contributed by atoms with Crippen LogP contribution in [0.4, 0.5) is 0 Å². The summed E-state index contributed by atoms with van der Waals surface area (Å²) >= 11 is 1.87. The molecule has 0 saturated heterocycles. The number of hydrogen-bond donors (Lipinski definition) is 1. The zero-order valence-electron chi connectivity index (χ0n) is 9.72. The highest BCUT2D eigenvalue weighted by molar-refractivity contribution is 7.99. The Balaban J connectivity index is 1.88. The molecule has 1 aliphatic carbocycles. The van der Waals surface area contributed by atoms with Gasteiger partial charge in [-0.15, -0.1) is 0 Å². The average Bonchev–Trinajstić information content (AvgIpc) is 2.75. The lowest BCUT2D eigenvalue weighted by atomic mass is 10.2. The Hall–Kier alpha value is -0.610. The minimum atomic E-state index is 0.659. The largest absolute Gasteiger partial charge is 0.313 e. The second-order valence-corrected chi connectivity index (χ2v) is 5.45. The van der Waals surface area contributed by atoms with Crippen molar-refractivity contribution in [1.82, 2.24) is 15.3 Å². The highest BCUT2D eigenvalue weighted by Gasteiger charge is 2.27. The Morgan fingerprint density at radius 2 is 2.38 bits per heavy atom. The van der Waals surface area contributed by atoms with Crippen molar-refractivity contribution in [2.45, 2.75) is 48.9 Å². The van der Waals surface area contributed by atoms with Crippen LogP contribution in [0.3, 0.4) is 0 Å². The van der Waals surface area contributed by atoms with E-state index in [1.54, 1.807) is 12.4 Å². The molecular weight excluding hydrogens is 218 g/mol. The van der Waals surface area contributed by atoms with Crippen molar-refractivity contribution < 1.29 is 0 Å². The van der Waals surface area contributed by atoms with Crippen LogP contribution in [0.15, 0.2) is 23.6 Å². The minimum absolute atomic E-state index is 0.659. The summed E-state index contributed by atoms with van der Waals surface area (Å²) in [6.07, 6.45) is 10.5. The normalized spacial score (nSPS) is 24.8. The molecule has 0 bridgehead atoms. The monoisotopic (exact) mass is 237 g/mol. The van der Waals surface area contributed by atoms with E-state index in [-0.39, 0.29) is 0 Å². The number of nitrogens with one attached hydrogen (secondary N) is 1. The van der Waals surface area contributed by atoms with E-state index in [0.29, 0.717) is 11.3 Å². The molecule has 1 saturated carbocycles. The fourth-order valence-corrected chi connectivity index (χ4v) is 3.37. The fraction of sp³-hybridized carbons (Fsp3) is 0.667. The quantitative estimate of drug-likeness (QED) is 0.854. The molecule has 0 amide bonds. The van der Waals surface area contributed by atoms with Gasteiger partial charge in [-0.2, -0.15) is 0 Å². The Morgan fingerprint density at radius 1 is 1.44 bits per heavy atom. The zero-order chi connectivity index (χ0) is 11.2. The van der Waals surface area contributed by atoms with Gasteiger partial charge in [0.25, 0.3) is 0 Å². The van der Waals surface area contributed by atoms with Crippen LogP contribution in [-0.4, -0.2) is 27.8 Å². The molecule has 1 N–H and O–H groups in total. The van der Waals surface area contributed by atoms with Crippen LogP contribution in [0, 0.1) is 0 Å². The van der Waals surface area contributed by atoms with Crippen LogP contribution in [0.2, 0.25) is 0 Å². The predicted molar refractivity (Wildman–Crippen MR) is 67.6 cm³/mol. The van der Waals surface area contributed by atoms with E-state index < -0.39 is 0 Å². The van der Waals surface area contributed by atoms with Crippen LogP contribution < -0.4 is 5.32 Å². The first-order valence-electron chi connectivity index (χ1n) is 6.06. The van der Waals surface area contributed by atoms with Gasteiger partial charge in [-0.25, -0.2) is 4.98 Å². The Morgan fingerprint density at radius 3 is 3.12 bits per heavy atom. The maximum Gasteiger partial charge on any atom is 0.115 e. The average molecular weight is 237 g/mol. The van der Waals surface area contributed by atoms with E-state index in [1.807, 2.05) is 18.0 Å². The molecular formula is C12H19N3S. The van der Waals surface area contributed by atoms with Gasteiger partial charge in [-0.3, -0.25) is 4.98 Å². The zero-order valence-corrected chi connectivity index (χ0v) is 10.5. The molecule has 0 spiro atoms. The van der Waals surface area contributed by atoms with Gasteiger partial charge in [-0.1, -0.05) is 25.1 Å². The molecule has 2 unspecified atom stereocenters. The molecule has 1 aromatic heterocycles. The molecule has 88 valence electrons. The van der Waals surface area contributed by atoms with Gasteiger partial charge >= 0.3 is 0 Å². The third-order valence-corrected chi connectivity index (χ3v) is 4.24. The van der Waals surface area contributed by atoms with Gasteiger partial charge < -0.3 is 5.32 Å². The maximum atomic E-state index is 4.33. The Kier molecular flexibility index (Phi) is 4.60. The first-order valence-corrected chi connectivity index (χ1v) is 6.94. The molecule has 0 radical (unpaired) electrons. The number of thioether (sulfide) groups is 1. The van der Waals surface area contributed by atoms with Crippen LogP contribution in [0.25, 0.3) is 0 Å². The lowest BCUT2D eigenvalue weighted by molar-refractivity contribution is 0.530. The lowest BCUT2D eigenvalue weighted by Crippen LogP contribution is -2.34. The van der Waals surface area contributed by atoms with Crippen molar-refractivity contribution in [1.29, 1.82) is 0 Å². The van der Waals surface area contributed by atoms with E-state index in [4.69, 9.17) is 0 Å².